The van der Waals surface area contributed by atoms with Gasteiger partial charge in [0.15, 0.2) is 0 Å². The first-order valence-electron chi connectivity index (χ1n) is 7.93. The highest BCUT2D eigenvalue weighted by atomic mass is 16.6. The predicted molar refractivity (Wildman–Crippen MR) is 91.8 cm³/mol. The van der Waals surface area contributed by atoms with Crippen molar-refractivity contribution in [1.29, 1.82) is 0 Å². The molecule has 122 valence electrons. The monoisotopic (exact) mass is 312 g/mol. The van der Waals surface area contributed by atoms with Gasteiger partial charge < -0.3 is 9.64 Å². The molecule has 4 nitrogen and oxygen atoms in total. The summed E-state index contributed by atoms with van der Waals surface area (Å²) in [5.41, 5.74) is 1.17. The topological polar surface area (TPSA) is 32.8 Å². The van der Waals surface area contributed by atoms with Crippen LogP contribution in [0, 0.1) is 12.3 Å². The average molecular weight is 312 g/mol. The highest BCUT2D eigenvalue weighted by molar-refractivity contribution is 5.69. The van der Waals surface area contributed by atoms with Crippen molar-refractivity contribution in [2.75, 3.05) is 26.7 Å². The number of terminal acetylenes is 1. The predicted octanol–water partition coefficient (Wildman–Crippen LogP) is 2.91. The molecule has 1 aliphatic rings. The number of carbonyl (C=O) groups excluding carboxylic acids is 1. The quantitative estimate of drug-likeness (QED) is 0.784. The Bertz CT molecular complexity index is 589. The van der Waals surface area contributed by atoms with Crippen LogP contribution < -0.4 is 0 Å². The van der Waals surface area contributed by atoms with E-state index in [-0.39, 0.29) is 18.7 Å². The van der Waals surface area contributed by atoms with Crippen LogP contribution in [0.2, 0.25) is 0 Å². The number of nitrogens with zero attached hydrogens (tertiary/aromatic N) is 2. The van der Waals surface area contributed by atoms with Crippen LogP contribution in [0.25, 0.3) is 0 Å². The molecule has 4 heteroatoms. The van der Waals surface area contributed by atoms with Crippen LogP contribution in [0.5, 0.6) is 0 Å². The molecular formula is C19H24N2O2. The van der Waals surface area contributed by atoms with Crippen molar-refractivity contribution < 1.29 is 9.53 Å². The van der Waals surface area contributed by atoms with Crippen LogP contribution in [0.3, 0.4) is 0 Å². The molecule has 0 saturated heterocycles. The van der Waals surface area contributed by atoms with Crippen molar-refractivity contribution in [3.05, 3.63) is 47.7 Å². The highest BCUT2D eigenvalue weighted by Gasteiger charge is 2.23. The minimum atomic E-state index is -0.359. The fraction of sp³-hybridized carbons (Fsp3) is 0.421. The lowest BCUT2D eigenvalue weighted by atomic mass is 10.1. The van der Waals surface area contributed by atoms with Crippen molar-refractivity contribution in [2.45, 2.75) is 25.8 Å². The Hall–Kier alpha value is -2.25. The second kappa shape index (κ2) is 8.40. The van der Waals surface area contributed by atoms with Gasteiger partial charge in [0, 0.05) is 25.6 Å². The molecule has 0 bridgehead atoms. The Kier molecular flexibility index (Phi) is 6.25. The van der Waals surface area contributed by atoms with Crippen molar-refractivity contribution in [3.63, 3.8) is 0 Å². The molecule has 1 amide bonds. The smallest absolute Gasteiger partial charge is 0.415 e. The minimum Gasteiger partial charge on any atom is -0.415 e. The van der Waals surface area contributed by atoms with Gasteiger partial charge >= 0.3 is 6.09 Å². The Morgan fingerprint density at radius 1 is 1.43 bits per heavy atom. The fourth-order valence-corrected chi connectivity index (χ4v) is 2.58. The van der Waals surface area contributed by atoms with Gasteiger partial charge in [0.25, 0.3) is 0 Å². The molecule has 0 fully saturated rings. The lowest BCUT2D eigenvalue weighted by Crippen LogP contribution is -2.40. The van der Waals surface area contributed by atoms with Gasteiger partial charge in [-0.2, -0.15) is 0 Å². The fourth-order valence-electron chi connectivity index (χ4n) is 2.58. The van der Waals surface area contributed by atoms with Crippen LogP contribution in [0.1, 0.15) is 18.9 Å². The summed E-state index contributed by atoms with van der Waals surface area (Å²) in [5, 5.41) is 0. The van der Waals surface area contributed by atoms with Gasteiger partial charge in [0.1, 0.15) is 5.76 Å². The summed E-state index contributed by atoms with van der Waals surface area (Å²) in [5.74, 6) is 3.30. The Morgan fingerprint density at radius 3 is 2.78 bits per heavy atom. The first kappa shape index (κ1) is 17.1. The molecular weight excluding hydrogens is 288 g/mol. The molecule has 1 aromatic rings. The number of hydrogen-bond donors (Lipinski definition) is 0. The molecule has 23 heavy (non-hydrogen) atoms. The molecule has 1 atom stereocenters. The molecule has 0 saturated carbocycles. The number of likely N-dealkylation sites (N-methyl/N-ethyl adjacent to an activating group) is 1. The summed E-state index contributed by atoms with van der Waals surface area (Å²) in [4.78, 5) is 16.3. The first-order valence-corrected chi connectivity index (χ1v) is 7.93. The number of amides is 1. The van der Waals surface area contributed by atoms with E-state index < -0.39 is 0 Å². The van der Waals surface area contributed by atoms with Crippen LogP contribution >= 0.6 is 0 Å². The molecule has 0 aromatic heterocycles. The van der Waals surface area contributed by atoms with E-state index in [9.17, 15) is 4.79 Å². The van der Waals surface area contributed by atoms with Crippen molar-refractivity contribution in [3.8, 4) is 12.3 Å². The molecule has 0 N–H and O–H groups in total. The molecule has 1 aliphatic heterocycles. The van der Waals surface area contributed by atoms with Crippen LogP contribution in [0.15, 0.2) is 42.2 Å². The van der Waals surface area contributed by atoms with Crippen LogP contribution in [-0.4, -0.2) is 48.6 Å². The Labute approximate surface area is 138 Å². The van der Waals surface area contributed by atoms with Gasteiger partial charge in [0.05, 0.1) is 6.54 Å². The summed E-state index contributed by atoms with van der Waals surface area (Å²) in [6.07, 6.45) is 8.52. The lowest BCUT2D eigenvalue weighted by molar-refractivity contribution is 0.113. The number of carbonyl (C=O) groups is 1. The third-order valence-corrected chi connectivity index (χ3v) is 3.99. The molecule has 2 rings (SSSR count). The third kappa shape index (κ3) is 5.15. The van der Waals surface area contributed by atoms with E-state index in [1.807, 2.05) is 38.2 Å². The van der Waals surface area contributed by atoms with Crippen molar-refractivity contribution >= 4 is 6.09 Å². The maximum atomic E-state index is 12.5. The van der Waals surface area contributed by atoms with E-state index in [1.54, 1.807) is 4.90 Å². The van der Waals surface area contributed by atoms with Crippen molar-refractivity contribution in [1.82, 2.24) is 9.80 Å². The van der Waals surface area contributed by atoms with E-state index >= 15 is 0 Å². The standard InChI is InChI=1S/C19H24N2O2/c1-4-12-21(16(2)15-17-8-6-5-7-9-17)19(22)23-18-10-13-20(3)14-11-18/h1,5-10,16H,11-15H2,2-3H3/t16-/m1/s1. The minimum absolute atomic E-state index is 0.0205. The van der Waals surface area contributed by atoms with Gasteiger partial charge in [-0.05, 0) is 32.0 Å². The number of ether oxygens (including phenoxy) is 1. The summed E-state index contributed by atoms with van der Waals surface area (Å²) in [6.45, 7) is 3.94. The van der Waals surface area contributed by atoms with Gasteiger partial charge in [-0.25, -0.2) is 4.79 Å². The van der Waals surface area contributed by atoms with Gasteiger partial charge in [-0.3, -0.25) is 4.90 Å². The van der Waals surface area contributed by atoms with Crippen molar-refractivity contribution in [2.24, 2.45) is 0 Å². The van der Waals surface area contributed by atoms with Gasteiger partial charge in [-0.1, -0.05) is 36.3 Å². The maximum absolute atomic E-state index is 12.5. The lowest BCUT2D eigenvalue weighted by Gasteiger charge is -2.28. The molecule has 1 heterocycles. The molecule has 0 radical (unpaired) electrons. The summed E-state index contributed by atoms with van der Waals surface area (Å²) in [7, 11) is 2.04. The van der Waals surface area contributed by atoms with E-state index in [0.29, 0.717) is 0 Å². The number of rotatable bonds is 5. The number of hydrogen-bond acceptors (Lipinski definition) is 3. The Morgan fingerprint density at radius 2 is 2.17 bits per heavy atom. The zero-order valence-corrected chi connectivity index (χ0v) is 13.9. The normalized spacial score (nSPS) is 16.1. The van der Waals surface area contributed by atoms with Crippen LogP contribution in [-0.2, 0) is 11.2 Å². The highest BCUT2D eigenvalue weighted by Crippen LogP contribution is 2.15. The molecule has 1 aromatic carbocycles. The van der Waals surface area contributed by atoms with Gasteiger partial charge in [0.2, 0.25) is 0 Å². The van der Waals surface area contributed by atoms with E-state index in [0.717, 1.165) is 31.7 Å². The van der Waals surface area contributed by atoms with E-state index in [1.165, 1.54) is 5.56 Å². The second-order valence-electron chi connectivity index (χ2n) is 5.92. The van der Waals surface area contributed by atoms with E-state index in [4.69, 9.17) is 11.2 Å². The van der Waals surface area contributed by atoms with E-state index in [2.05, 4.69) is 23.0 Å². The summed E-state index contributed by atoms with van der Waals surface area (Å²) in [6, 6.07) is 10.1. The van der Waals surface area contributed by atoms with Gasteiger partial charge in [-0.15, -0.1) is 6.42 Å². The average Bonchev–Trinajstić information content (AvgIpc) is 2.55. The zero-order chi connectivity index (χ0) is 16.7. The maximum Gasteiger partial charge on any atom is 0.415 e. The largest absolute Gasteiger partial charge is 0.415 e. The summed E-state index contributed by atoms with van der Waals surface area (Å²) < 4.78 is 5.54. The molecule has 0 aliphatic carbocycles. The molecule has 0 unspecified atom stereocenters. The third-order valence-electron chi connectivity index (χ3n) is 3.99. The number of benzene rings is 1. The second-order valence-corrected chi connectivity index (χ2v) is 5.92. The first-order chi connectivity index (χ1) is 11.1. The zero-order valence-electron chi connectivity index (χ0n) is 13.9. The SMILES string of the molecule is C#CCN(C(=O)OC1=CCN(C)CC1)[C@H](C)Cc1ccccc1. The van der Waals surface area contributed by atoms with Crippen LogP contribution in [0.4, 0.5) is 4.79 Å². The summed E-state index contributed by atoms with van der Waals surface area (Å²) >= 11 is 0. The molecule has 0 spiro atoms. The Balaban J connectivity index is 1.99.